The van der Waals surface area contributed by atoms with Crippen molar-refractivity contribution in [2.75, 3.05) is 16.2 Å². The second-order valence-corrected chi connectivity index (χ2v) is 9.52. The van der Waals surface area contributed by atoms with Gasteiger partial charge in [0.1, 0.15) is 0 Å². The molecule has 6 heteroatoms. The highest BCUT2D eigenvalue weighted by Crippen LogP contribution is 2.34. The fourth-order valence-electron chi connectivity index (χ4n) is 4.16. The lowest BCUT2D eigenvalue weighted by molar-refractivity contribution is -0.118. The highest BCUT2D eigenvalue weighted by atomic mass is 32.2. The van der Waals surface area contributed by atoms with E-state index in [0.717, 1.165) is 51.9 Å². The Morgan fingerprint density at radius 1 is 1.00 bits per heavy atom. The van der Waals surface area contributed by atoms with Gasteiger partial charge in [-0.3, -0.25) is 9.52 Å². The van der Waals surface area contributed by atoms with Crippen LogP contribution in [0.25, 0.3) is 0 Å². The molecule has 156 valence electrons. The van der Waals surface area contributed by atoms with E-state index < -0.39 is 10.0 Å². The first kappa shape index (κ1) is 21.4. The zero-order valence-electron chi connectivity index (χ0n) is 18.1. The summed E-state index contributed by atoms with van der Waals surface area (Å²) < 4.78 is 29.4. The average molecular weight is 415 g/mol. The number of benzene rings is 2. The molecule has 1 aliphatic rings. The molecule has 1 aliphatic heterocycles. The number of sulfonamides is 1. The van der Waals surface area contributed by atoms with Gasteiger partial charge < -0.3 is 4.90 Å². The van der Waals surface area contributed by atoms with E-state index in [0.29, 0.717) is 23.5 Å². The lowest BCUT2D eigenvalue weighted by atomic mass is 9.95. The molecule has 0 unspecified atom stereocenters. The van der Waals surface area contributed by atoms with Crippen LogP contribution in [0.2, 0.25) is 0 Å². The molecule has 1 heterocycles. The molecule has 2 aromatic carbocycles. The van der Waals surface area contributed by atoms with Crippen molar-refractivity contribution in [3.8, 4) is 0 Å². The van der Waals surface area contributed by atoms with Gasteiger partial charge in [0.25, 0.3) is 10.0 Å². The fraction of sp³-hybridized carbons (Fsp3) is 0.435. The highest BCUT2D eigenvalue weighted by molar-refractivity contribution is 7.92. The first-order valence-electron chi connectivity index (χ1n) is 10.1. The number of amides is 1. The smallest absolute Gasteiger partial charge is 0.262 e. The third-order valence-corrected chi connectivity index (χ3v) is 7.91. The minimum absolute atomic E-state index is 0.0578. The fourth-order valence-corrected chi connectivity index (χ4v) is 5.81. The van der Waals surface area contributed by atoms with E-state index >= 15 is 0 Å². The van der Waals surface area contributed by atoms with Crippen molar-refractivity contribution >= 4 is 27.3 Å². The molecule has 5 nitrogen and oxygen atoms in total. The molecule has 29 heavy (non-hydrogen) atoms. The predicted molar refractivity (Wildman–Crippen MR) is 118 cm³/mol. The molecule has 0 fully saturated rings. The number of hydrogen-bond acceptors (Lipinski definition) is 3. The van der Waals surface area contributed by atoms with E-state index in [1.54, 1.807) is 17.0 Å². The van der Waals surface area contributed by atoms with Crippen LogP contribution in [0.1, 0.15) is 53.1 Å². The highest BCUT2D eigenvalue weighted by Gasteiger charge is 2.26. The molecule has 0 bridgehead atoms. The van der Waals surface area contributed by atoms with E-state index in [1.807, 2.05) is 47.6 Å². The number of aryl methyl sites for hydroxylation is 1. The summed E-state index contributed by atoms with van der Waals surface area (Å²) >= 11 is 0. The van der Waals surface area contributed by atoms with Crippen LogP contribution in [0.15, 0.2) is 23.1 Å². The lowest BCUT2D eigenvalue weighted by Crippen LogP contribution is -2.35. The Morgan fingerprint density at radius 3 is 2.17 bits per heavy atom. The summed E-state index contributed by atoms with van der Waals surface area (Å²) in [5.74, 6) is 0.0578. The molecule has 2 aromatic rings. The topological polar surface area (TPSA) is 66.5 Å². The minimum Gasteiger partial charge on any atom is -0.312 e. The van der Waals surface area contributed by atoms with Crippen LogP contribution in [-0.4, -0.2) is 20.9 Å². The van der Waals surface area contributed by atoms with Gasteiger partial charge in [-0.2, -0.15) is 0 Å². The number of hydrogen-bond donors (Lipinski definition) is 1. The van der Waals surface area contributed by atoms with Gasteiger partial charge in [0, 0.05) is 18.7 Å². The molecule has 0 saturated heterocycles. The van der Waals surface area contributed by atoms with Crippen LogP contribution in [-0.2, 0) is 21.2 Å². The Kier molecular flexibility index (Phi) is 5.77. The Bertz CT molecular complexity index is 1060. The van der Waals surface area contributed by atoms with E-state index in [9.17, 15) is 13.2 Å². The lowest BCUT2D eigenvalue weighted by Gasteiger charge is -2.30. The first-order valence-corrected chi connectivity index (χ1v) is 11.6. The second-order valence-electron chi connectivity index (χ2n) is 7.91. The number of nitrogens with one attached hydrogen (secondary N) is 1. The molecule has 0 radical (unpaired) electrons. The van der Waals surface area contributed by atoms with Crippen LogP contribution in [0.4, 0.5) is 11.4 Å². The summed E-state index contributed by atoms with van der Waals surface area (Å²) in [6.07, 6.45) is 2.24. The van der Waals surface area contributed by atoms with Crippen molar-refractivity contribution in [1.82, 2.24) is 0 Å². The summed E-state index contributed by atoms with van der Waals surface area (Å²) in [5.41, 5.74) is 7.05. The molecule has 0 saturated carbocycles. The average Bonchev–Trinajstić information content (AvgIpc) is 2.69. The number of carbonyl (C=O) groups is 1. The number of rotatable bonds is 4. The molecule has 0 spiro atoms. The van der Waals surface area contributed by atoms with Crippen LogP contribution in [0.3, 0.4) is 0 Å². The summed E-state index contributed by atoms with van der Waals surface area (Å²) in [5, 5.41) is 0. The summed E-state index contributed by atoms with van der Waals surface area (Å²) in [6.45, 7) is 12.2. The Labute approximate surface area is 174 Å². The van der Waals surface area contributed by atoms with Crippen molar-refractivity contribution < 1.29 is 13.2 Å². The zero-order chi connectivity index (χ0) is 21.5. The van der Waals surface area contributed by atoms with Gasteiger partial charge >= 0.3 is 0 Å². The second kappa shape index (κ2) is 7.82. The molecule has 1 N–H and O–H groups in total. The van der Waals surface area contributed by atoms with E-state index in [2.05, 4.69) is 4.72 Å². The Hall–Kier alpha value is -2.34. The molecule has 0 aliphatic carbocycles. The minimum atomic E-state index is -3.76. The normalized spacial score (nSPS) is 13.9. The van der Waals surface area contributed by atoms with Crippen LogP contribution in [0, 0.1) is 34.6 Å². The molecule has 0 aromatic heterocycles. The largest absolute Gasteiger partial charge is 0.312 e. The third-order valence-electron chi connectivity index (χ3n) is 6.26. The van der Waals surface area contributed by atoms with Gasteiger partial charge in [0.05, 0.1) is 10.6 Å². The van der Waals surface area contributed by atoms with Gasteiger partial charge in [0.15, 0.2) is 0 Å². The number of fused-ring (bicyclic) bond motifs is 1. The van der Waals surface area contributed by atoms with Crippen molar-refractivity contribution in [2.24, 2.45) is 0 Å². The zero-order valence-corrected chi connectivity index (χ0v) is 19.0. The van der Waals surface area contributed by atoms with Gasteiger partial charge in [-0.05, 0) is 93.0 Å². The number of nitrogens with zero attached hydrogens (tertiary/aromatic N) is 1. The standard InChI is InChI=1S/C23H30N2O3S/c1-7-22(26)25-12-8-9-19-10-11-20(13-21(19)25)24-29(27,28)23-17(5)15(3)14(2)16(4)18(23)6/h10-11,13,24H,7-9,12H2,1-6H3. The summed E-state index contributed by atoms with van der Waals surface area (Å²) in [7, 11) is -3.76. The maximum atomic E-state index is 13.3. The molecule has 1 amide bonds. The molecule has 3 rings (SSSR count). The first-order chi connectivity index (χ1) is 13.6. The van der Waals surface area contributed by atoms with Crippen molar-refractivity contribution in [3.05, 3.63) is 51.6 Å². The number of anilines is 2. The van der Waals surface area contributed by atoms with Gasteiger partial charge in [0.2, 0.25) is 5.91 Å². The maximum absolute atomic E-state index is 13.3. The van der Waals surface area contributed by atoms with Gasteiger partial charge in [-0.1, -0.05) is 13.0 Å². The predicted octanol–water partition coefficient (Wildman–Crippen LogP) is 4.72. The third kappa shape index (κ3) is 3.78. The summed E-state index contributed by atoms with van der Waals surface area (Å²) in [4.78, 5) is 14.4. The van der Waals surface area contributed by atoms with Gasteiger partial charge in [-0.25, -0.2) is 8.42 Å². The Balaban J connectivity index is 2.04. The Morgan fingerprint density at radius 2 is 1.59 bits per heavy atom. The monoisotopic (exact) mass is 414 g/mol. The maximum Gasteiger partial charge on any atom is 0.262 e. The number of carbonyl (C=O) groups excluding carboxylic acids is 1. The van der Waals surface area contributed by atoms with E-state index in [-0.39, 0.29) is 5.91 Å². The molecular weight excluding hydrogens is 384 g/mol. The van der Waals surface area contributed by atoms with Crippen molar-refractivity contribution in [2.45, 2.75) is 65.7 Å². The van der Waals surface area contributed by atoms with Crippen molar-refractivity contribution in [3.63, 3.8) is 0 Å². The van der Waals surface area contributed by atoms with Gasteiger partial charge in [-0.15, -0.1) is 0 Å². The van der Waals surface area contributed by atoms with Crippen LogP contribution in [0.5, 0.6) is 0 Å². The van der Waals surface area contributed by atoms with E-state index in [1.165, 1.54) is 0 Å². The van der Waals surface area contributed by atoms with Crippen LogP contribution < -0.4 is 9.62 Å². The SMILES string of the molecule is CCC(=O)N1CCCc2ccc(NS(=O)(=O)c3c(C)c(C)c(C)c(C)c3C)cc21. The molecule has 0 atom stereocenters. The van der Waals surface area contributed by atoms with Crippen molar-refractivity contribution in [1.29, 1.82) is 0 Å². The summed E-state index contributed by atoms with van der Waals surface area (Å²) in [6, 6.07) is 5.50. The van der Waals surface area contributed by atoms with Crippen LogP contribution >= 0.6 is 0 Å². The quantitative estimate of drug-likeness (QED) is 0.787. The molecular formula is C23H30N2O3S. The van der Waals surface area contributed by atoms with E-state index in [4.69, 9.17) is 0 Å².